The van der Waals surface area contributed by atoms with E-state index in [-0.39, 0.29) is 0 Å². The summed E-state index contributed by atoms with van der Waals surface area (Å²) in [4.78, 5) is 7.19. The van der Waals surface area contributed by atoms with Gasteiger partial charge in [-0.1, -0.05) is 39.0 Å². The third-order valence-electron chi connectivity index (χ3n) is 4.17. The van der Waals surface area contributed by atoms with Gasteiger partial charge in [0.25, 0.3) is 0 Å². The zero-order chi connectivity index (χ0) is 15.2. The lowest BCUT2D eigenvalue weighted by Gasteiger charge is -2.30. The lowest BCUT2D eigenvalue weighted by Crippen LogP contribution is -2.30. The topological polar surface area (TPSA) is 28.2 Å². The van der Waals surface area contributed by atoms with Crippen LogP contribution in [0, 0.1) is 0 Å². The third kappa shape index (κ3) is 3.53. The number of benzene rings is 1. The van der Waals surface area contributed by atoms with E-state index in [9.17, 15) is 0 Å². The summed E-state index contributed by atoms with van der Waals surface area (Å²) in [6, 6.07) is 11.2. The van der Waals surface area contributed by atoms with Crippen molar-refractivity contribution < 1.29 is 0 Å². The van der Waals surface area contributed by atoms with Crippen LogP contribution in [0.4, 0.5) is 5.69 Å². The van der Waals surface area contributed by atoms with Gasteiger partial charge in [0.05, 0.1) is 11.2 Å². The number of anilines is 1. The van der Waals surface area contributed by atoms with Crippen LogP contribution in [0.3, 0.4) is 0 Å². The van der Waals surface area contributed by atoms with Gasteiger partial charge in [-0.05, 0) is 31.5 Å². The predicted molar refractivity (Wildman–Crippen MR) is 91.9 cm³/mol. The standard InChI is InChI=1S/C18H27N3/c1-5-15(6-2)21(4)18-12-14(13-19-7-3)20-17-11-9-8-10-16(17)18/h8-12,15,19H,5-7,13H2,1-4H3. The maximum absolute atomic E-state index is 4.78. The summed E-state index contributed by atoms with van der Waals surface area (Å²) in [5, 5.41) is 4.61. The van der Waals surface area contributed by atoms with E-state index in [1.807, 2.05) is 0 Å². The summed E-state index contributed by atoms with van der Waals surface area (Å²) in [7, 11) is 2.20. The molecule has 0 unspecified atom stereocenters. The minimum absolute atomic E-state index is 0.572. The van der Waals surface area contributed by atoms with E-state index in [2.05, 4.69) is 68.4 Å². The number of para-hydroxylation sites is 1. The minimum Gasteiger partial charge on any atom is -0.371 e. The van der Waals surface area contributed by atoms with Crippen molar-refractivity contribution in [3.05, 3.63) is 36.0 Å². The molecular weight excluding hydrogens is 258 g/mol. The molecule has 0 atom stereocenters. The lowest BCUT2D eigenvalue weighted by molar-refractivity contribution is 0.592. The van der Waals surface area contributed by atoms with E-state index in [0.717, 1.165) is 37.1 Å². The summed E-state index contributed by atoms with van der Waals surface area (Å²) >= 11 is 0. The molecule has 0 bridgehead atoms. The summed E-state index contributed by atoms with van der Waals surface area (Å²) in [5.41, 5.74) is 3.49. The van der Waals surface area contributed by atoms with Crippen molar-refractivity contribution >= 4 is 16.6 Å². The monoisotopic (exact) mass is 285 g/mol. The van der Waals surface area contributed by atoms with Gasteiger partial charge >= 0.3 is 0 Å². The Bertz CT molecular complexity index is 576. The number of rotatable bonds is 7. The Labute approximate surface area is 128 Å². The van der Waals surface area contributed by atoms with Crippen molar-refractivity contribution in [3.8, 4) is 0 Å². The van der Waals surface area contributed by atoms with Crippen molar-refractivity contribution in [2.24, 2.45) is 0 Å². The second-order valence-electron chi connectivity index (χ2n) is 5.51. The van der Waals surface area contributed by atoms with Gasteiger partial charge in [0.15, 0.2) is 0 Å². The van der Waals surface area contributed by atoms with Crippen LogP contribution >= 0.6 is 0 Å². The first-order valence-corrected chi connectivity index (χ1v) is 8.03. The lowest BCUT2D eigenvalue weighted by atomic mass is 10.1. The van der Waals surface area contributed by atoms with Crippen LogP contribution in [-0.2, 0) is 6.54 Å². The summed E-state index contributed by atoms with van der Waals surface area (Å²) in [6.07, 6.45) is 2.32. The van der Waals surface area contributed by atoms with Crippen LogP contribution in [0.2, 0.25) is 0 Å². The number of nitrogens with zero attached hydrogens (tertiary/aromatic N) is 2. The molecule has 0 fully saturated rings. The van der Waals surface area contributed by atoms with Gasteiger partial charge in [0.1, 0.15) is 0 Å². The van der Waals surface area contributed by atoms with E-state index < -0.39 is 0 Å². The largest absolute Gasteiger partial charge is 0.371 e. The van der Waals surface area contributed by atoms with E-state index in [1.54, 1.807) is 0 Å². The highest BCUT2D eigenvalue weighted by molar-refractivity contribution is 5.92. The van der Waals surface area contributed by atoms with Gasteiger partial charge in [-0.3, -0.25) is 4.98 Å². The summed E-state index contributed by atoms with van der Waals surface area (Å²) < 4.78 is 0. The number of nitrogens with one attached hydrogen (secondary N) is 1. The quantitative estimate of drug-likeness (QED) is 0.834. The molecule has 3 heteroatoms. The normalized spacial score (nSPS) is 11.3. The molecule has 0 spiro atoms. The van der Waals surface area contributed by atoms with Gasteiger partial charge in [-0.2, -0.15) is 0 Å². The Morgan fingerprint density at radius 2 is 1.86 bits per heavy atom. The van der Waals surface area contributed by atoms with Crippen LogP contribution in [0.15, 0.2) is 30.3 Å². The molecule has 2 rings (SSSR count). The molecule has 1 heterocycles. The number of hydrogen-bond donors (Lipinski definition) is 1. The second kappa shape index (κ2) is 7.41. The van der Waals surface area contributed by atoms with Crippen molar-refractivity contribution in [2.75, 3.05) is 18.5 Å². The number of fused-ring (bicyclic) bond motifs is 1. The SMILES string of the molecule is CCNCc1cc(N(C)C(CC)CC)c2ccccc2n1. The fourth-order valence-corrected chi connectivity index (χ4v) is 2.88. The van der Waals surface area contributed by atoms with E-state index in [0.29, 0.717) is 6.04 Å². The molecule has 2 aromatic rings. The molecular formula is C18H27N3. The Kier molecular flexibility index (Phi) is 5.57. The molecule has 1 aromatic carbocycles. The highest BCUT2D eigenvalue weighted by Crippen LogP contribution is 2.28. The third-order valence-corrected chi connectivity index (χ3v) is 4.17. The maximum Gasteiger partial charge on any atom is 0.0726 e. The molecule has 0 aliphatic rings. The van der Waals surface area contributed by atoms with Crippen molar-refractivity contribution in [1.29, 1.82) is 0 Å². The molecule has 0 aliphatic heterocycles. The Hall–Kier alpha value is -1.61. The Morgan fingerprint density at radius 3 is 2.52 bits per heavy atom. The summed E-state index contributed by atoms with van der Waals surface area (Å²) in [5.74, 6) is 0. The van der Waals surface area contributed by atoms with Gasteiger partial charge in [-0.25, -0.2) is 0 Å². The zero-order valence-corrected chi connectivity index (χ0v) is 13.7. The van der Waals surface area contributed by atoms with Crippen molar-refractivity contribution in [3.63, 3.8) is 0 Å². The van der Waals surface area contributed by atoms with Gasteiger partial charge in [0.2, 0.25) is 0 Å². The van der Waals surface area contributed by atoms with Gasteiger partial charge in [-0.15, -0.1) is 0 Å². The highest BCUT2D eigenvalue weighted by Gasteiger charge is 2.15. The van der Waals surface area contributed by atoms with E-state index in [4.69, 9.17) is 4.98 Å². The average molecular weight is 285 g/mol. The summed E-state index contributed by atoms with van der Waals surface area (Å²) in [6.45, 7) is 8.43. The maximum atomic E-state index is 4.78. The number of aromatic nitrogens is 1. The molecule has 1 aromatic heterocycles. The zero-order valence-electron chi connectivity index (χ0n) is 13.7. The molecule has 3 nitrogen and oxygen atoms in total. The van der Waals surface area contributed by atoms with Crippen LogP contribution in [0.1, 0.15) is 39.3 Å². The van der Waals surface area contributed by atoms with Gasteiger partial charge in [0, 0.05) is 30.7 Å². The van der Waals surface area contributed by atoms with E-state index >= 15 is 0 Å². The number of hydrogen-bond acceptors (Lipinski definition) is 3. The first-order valence-electron chi connectivity index (χ1n) is 8.03. The molecule has 21 heavy (non-hydrogen) atoms. The van der Waals surface area contributed by atoms with Gasteiger partial charge < -0.3 is 10.2 Å². The first-order chi connectivity index (χ1) is 10.2. The van der Waals surface area contributed by atoms with Crippen LogP contribution in [0.5, 0.6) is 0 Å². The molecule has 114 valence electrons. The first kappa shape index (κ1) is 15.8. The number of pyridine rings is 1. The molecule has 0 aliphatic carbocycles. The van der Waals surface area contributed by atoms with Crippen molar-refractivity contribution in [1.82, 2.24) is 10.3 Å². The molecule has 0 radical (unpaired) electrons. The molecule has 0 saturated carbocycles. The Balaban J connectivity index is 2.48. The predicted octanol–water partition coefficient (Wildman–Crippen LogP) is 3.97. The molecule has 0 saturated heterocycles. The second-order valence-corrected chi connectivity index (χ2v) is 5.51. The fourth-order valence-electron chi connectivity index (χ4n) is 2.88. The Morgan fingerprint density at radius 1 is 1.14 bits per heavy atom. The average Bonchev–Trinajstić information content (AvgIpc) is 2.53. The van der Waals surface area contributed by atoms with Crippen LogP contribution in [0.25, 0.3) is 10.9 Å². The van der Waals surface area contributed by atoms with Crippen molar-refractivity contribution in [2.45, 2.75) is 46.2 Å². The van der Waals surface area contributed by atoms with Crippen LogP contribution < -0.4 is 10.2 Å². The molecule has 0 amide bonds. The van der Waals surface area contributed by atoms with E-state index in [1.165, 1.54) is 11.1 Å². The van der Waals surface area contributed by atoms with Crippen LogP contribution in [-0.4, -0.2) is 24.6 Å². The highest BCUT2D eigenvalue weighted by atomic mass is 15.1. The fraction of sp³-hybridized carbons (Fsp3) is 0.500. The minimum atomic E-state index is 0.572. The smallest absolute Gasteiger partial charge is 0.0726 e. The molecule has 1 N–H and O–H groups in total.